The maximum atomic E-state index is 13.7. The molecular weight excluding hydrogens is 289 g/mol. The predicted molar refractivity (Wildman–Crippen MR) is 89.7 cm³/mol. The van der Waals surface area contributed by atoms with Crippen molar-refractivity contribution in [2.45, 2.75) is 37.5 Å². The first kappa shape index (κ1) is 15.7. The van der Waals surface area contributed by atoms with Gasteiger partial charge in [0.25, 0.3) is 0 Å². The number of carbonyl (C=O) groups is 1. The van der Waals surface area contributed by atoms with E-state index in [1.54, 1.807) is 18.2 Å². The zero-order valence-electron chi connectivity index (χ0n) is 13.2. The molecule has 1 saturated carbocycles. The van der Waals surface area contributed by atoms with Crippen LogP contribution in [0.5, 0.6) is 0 Å². The third-order valence-electron chi connectivity index (χ3n) is 4.88. The fourth-order valence-electron chi connectivity index (χ4n) is 3.56. The molecule has 0 spiro atoms. The summed E-state index contributed by atoms with van der Waals surface area (Å²) < 4.78 is 13.7. The van der Waals surface area contributed by atoms with Gasteiger partial charge in [0.05, 0.1) is 6.42 Å². The van der Waals surface area contributed by atoms with E-state index in [0.717, 1.165) is 12.8 Å². The summed E-state index contributed by atoms with van der Waals surface area (Å²) in [6, 6.07) is 16.9. The van der Waals surface area contributed by atoms with E-state index in [4.69, 9.17) is 0 Å². The van der Waals surface area contributed by atoms with Crippen LogP contribution in [-0.2, 0) is 16.6 Å². The number of carbonyl (C=O) groups excluding carboxylic acids is 1. The van der Waals surface area contributed by atoms with Crippen molar-refractivity contribution in [3.05, 3.63) is 71.5 Å². The Balaban J connectivity index is 1.66. The predicted octanol–water partition coefficient (Wildman–Crippen LogP) is 4.00. The van der Waals surface area contributed by atoms with Crippen LogP contribution in [0, 0.1) is 5.82 Å². The molecule has 1 N–H and O–H groups in total. The number of hydrogen-bond donors (Lipinski definition) is 1. The van der Waals surface area contributed by atoms with Gasteiger partial charge >= 0.3 is 0 Å². The van der Waals surface area contributed by atoms with Crippen molar-refractivity contribution in [3.8, 4) is 0 Å². The number of rotatable bonds is 5. The highest BCUT2D eigenvalue weighted by Crippen LogP contribution is 2.40. The van der Waals surface area contributed by atoms with E-state index in [1.807, 2.05) is 6.07 Å². The minimum atomic E-state index is -0.318. The lowest BCUT2D eigenvalue weighted by Gasteiger charge is -2.30. The van der Waals surface area contributed by atoms with Crippen molar-refractivity contribution in [1.82, 2.24) is 5.32 Å². The van der Waals surface area contributed by atoms with Gasteiger partial charge in [0.1, 0.15) is 5.82 Å². The van der Waals surface area contributed by atoms with Gasteiger partial charge in [0.2, 0.25) is 5.91 Å². The molecule has 0 bridgehead atoms. The summed E-state index contributed by atoms with van der Waals surface area (Å²) in [5.41, 5.74) is 1.78. The molecule has 2 nitrogen and oxygen atoms in total. The standard InChI is InChI=1S/C20H22FNO/c21-18-11-5-4-8-16(18)14-19(23)22-15-20(12-6-7-13-20)17-9-2-1-3-10-17/h1-5,8-11H,6-7,12-15H2,(H,22,23). The summed E-state index contributed by atoms with van der Waals surface area (Å²) in [5.74, 6) is -0.432. The van der Waals surface area contributed by atoms with E-state index in [2.05, 4.69) is 29.6 Å². The molecule has 0 aliphatic heterocycles. The zero-order chi connectivity index (χ0) is 16.1. The third kappa shape index (κ3) is 3.61. The Bertz CT molecular complexity index is 662. The molecule has 0 saturated heterocycles. The van der Waals surface area contributed by atoms with Crippen molar-refractivity contribution in [2.75, 3.05) is 6.54 Å². The van der Waals surface area contributed by atoms with E-state index in [1.165, 1.54) is 24.5 Å². The summed E-state index contributed by atoms with van der Waals surface area (Å²) in [7, 11) is 0. The molecule has 1 aliphatic carbocycles. The molecule has 0 radical (unpaired) electrons. The van der Waals surface area contributed by atoms with Crippen molar-refractivity contribution >= 4 is 5.91 Å². The van der Waals surface area contributed by atoms with Crippen molar-refractivity contribution in [3.63, 3.8) is 0 Å². The highest BCUT2D eigenvalue weighted by Gasteiger charge is 2.35. The van der Waals surface area contributed by atoms with Gasteiger partial charge in [-0.2, -0.15) is 0 Å². The van der Waals surface area contributed by atoms with Crippen molar-refractivity contribution in [1.29, 1.82) is 0 Å². The normalized spacial score (nSPS) is 16.2. The van der Waals surface area contributed by atoms with E-state index >= 15 is 0 Å². The lowest BCUT2D eigenvalue weighted by Crippen LogP contribution is -2.39. The minimum Gasteiger partial charge on any atom is -0.355 e. The molecule has 23 heavy (non-hydrogen) atoms. The lowest BCUT2D eigenvalue weighted by atomic mass is 9.79. The first-order valence-corrected chi connectivity index (χ1v) is 8.25. The molecule has 3 rings (SSSR count). The Kier molecular flexibility index (Phi) is 4.75. The van der Waals surface area contributed by atoms with Gasteiger partial charge in [-0.25, -0.2) is 4.39 Å². The molecule has 1 amide bonds. The molecule has 1 aliphatic rings. The van der Waals surface area contributed by atoms with Crippen LogP contribution in [0.25, 0.3) is 0 Å². The van der Waals surface area contributed by atoms with Gasteiger partial charge in [-0.1, -0.05) is 61.4 Å². The molecule has 0 heterocycles. The molecular formula is C20H22FNO. The molecule has 3 heteroatoms. The lowest BCUT2D eigenvalue weighted by molar-refractivity contribution is -0.120. The quantitative estimate of drug-likeness (QED) is 0.888. The van der Waals surface area contributed by atoms with Crippen LogP contribution in [0.2, 0.25) is 0 Å². The first-order chi connectivity index (χ1) is 11.2. The number of nitrogens with one attached hydrogen (secondary N) is 1. The van der Waals surface area contributed by atoms with Crippen molar-refractivity contribution in [2.24, 2.45) is 0 Å². The van der Waals surface area contributed by atoms with E-state index < -0.39 is 0 Å². The maximum absolute atomic E-state index is 13.7. The van der Waals surface area contributed by atoms with E-state index in [0.29, 0.717) is 12.1 Å². The Labute approximate surface area is 136 Å². The van der Waals surface area contributed by atoms with Crippen LogP contribution < -0.4 is 5.32 Å². The number of amides is 1. The Hall–Kier alpha value is -2.16. The Morgan fingerprint density at radius 1 is 1.00 bits per heavy atom. The average molecular weight is 311 g/mol. The Morgan fingerprint density at radius 3 is 2.35 bits per heavy atom. The summed E-state index contributed by atoms with van der Waals surface area (Å²) in [6.07, 6.45) is 4.67. The smallest absolute Gasteiger partial charge is 0.224 e. The number of halogens is 1. The zero-order valence-corrected chi connectivity index (χ0v) is 13.2. The van der Waals surface area contributed by atoms with Crippen LogP contribution in [-0.4, -0.2) is 12.5 Å². The maximum Gasteiger partial charge on any atom is 0.224 e. The molecule has 120 valence electrons. The second-order valence-electron chi connectivity index (χ2n) is 6.40. The van der Waals surface area contributed by atoms with Crippen LogP contribution in [0.15, 0.2) is 54.6 Å². The SMILES string of the molecule is O=C(Cc1ccccc1F)NCC1(c2ccccc2)CCCC1. The van der Waals surface area contributed by atoms with E-state index in [9.17, 15) is 9.18 Å². The molecule has 2 aromatic carbocycles. The van der Waals surface area contributed by atoms with E-state index in [-0.39, 0.29) is 23.6 Å². The first-order valence-electron chi connectivity index (χ1n) is 8.25. The highest BCUT2D eigenvalue weighted by molar-refractivity contribution is 5.78. The highest BCUT2D eigenvalue weighted by atomic mass is 19.1. The summed E-state index contributed by atoms with van der Waals surface area (Å²) >= 11 is 0. The van der Waals surface area contributed by atoms with Gasteiger partial charge in [-0.15, -0.1) is 0 Å². The molecule has 0 atom stereocenters. The number of hydrogen-bond acceptors (Lipinski definition) is 1. The summed E-state index contributed by atoms with van der Waals surface area (Å²) in [4.78, 5) is 12.2. The molecule has 2 aromatic rings. The monoisotopic (exact) mass is 311 g/mol. The van der Waals surface area contributed by atoms with Gasteiger partial charge in [-0.3, -0.25) is 4.79 Å². The molecule has 0 unspecified atom stereocenters. The van der Waals surface area contributed by atoms with Gasteiger partial charge in [-0.05, 0) is 30.0 Å². The fourth-order valence-corrected chi connectivity index (χ4v) is 3.56. The second-order valence-corrected chi connectivity index (χ2v) is 6.40. The second kappa shape index (κ2) is 6.95. The molecule has 1 fully saturated rings. The number of benzene rings is 2. The van der Waals surface area contributed by atoms with Gasteiger partial charge in [0, 0.05) is 12.0 Å². The fraction of sp³-hybridized carbons (Fsp3) is 0.350. The summed E-state index contributed by atoms with van der Waals surface area (Å²) in [5, 5.41) is 3.03. The molecule has 0 aromatic heterocycles. The Morgan fingerprint density at radius 2 is 1.65 bits per heavy atom. The van der Waals surface area contributed by atoms with Crippen LogP contribution in [0.1, 0.15) is 36.8 Å². The van der Waals surface area contributed by atoms with Crippen LogP contribution in [0.3, 0.4) is 0 Å². The summed E-state index contributed by atoms with van der Waals surface area (Å²) in [6.45, 7) is 0.629. The third-order valence-corrected chi connectivity index (χ3v) is 4.88. The van der Waals surface area contributed by atoms with Crippen molar-refractivity contribution < 1.29 is 9.18 Å². The largest absolute Gasteiger partial charge is 0.355 e. The topological polar surface area (TPSA) is 29.1 Å². The van der Waals surface area contributed by atoms with Crippen LogP contribution >= 0.6 is 0 Å². The average Bonchev–Trinajstić information content (AvgIpc) is 3.06. The minimum absolute atomic E-state index is 0.0339. The van der Waals surface area contributed by atoms with Gasteiger partial charge < -0.3 is 5.32 Å². The van der Waals surface area contributed by atoms with Crippen LogP contribution in [0.4, 0.5) is 4.39 Å². The van der Waals surface area contributed by atoms with Gasteiger partial charge in [0.15, 0.2) is 0 Å².